The number of hydrogen-bond donors (Lipinski definition) is 0. The Balaban J connectivity index is 1.53. The highest BCUT2D eigenvalue weighted by atomic mass is 16.5. The molecule has 0 aliphatic heterocycles. The SMILES string of the molecule is CCCCCCOc1ccc(CC(COCC)n2cnc3cnc4ccccc4c32)cc1. The molecule has 0 aliphatic carbocycles. The first-order valence-electron chi connectivity index (χ1n) is 11.8. The van der Waals surface area contributed by atoms with E-state index < -0.39 is 0 Å². The van der Waals surface area contributed by atoms with Gasteiger partial charge in [0.05, 0.1) is 42.8 Å². The molecule has 0 N–H and O–H groups in total. The van der Waals surface area contributed by atoms with Crippen molar-refractivity contribution in [3.05, 3.63) is 66.6 Å². The third-order valence-electron chi connectivity index (χ3n) is 5.88. The molecular weight excluding hydrogens is 398 g/mol. The number of imidazole rings is 1. The Kier molecular flexibility index (Phi) is 7.73. The van der Waals surface area contributed by atoms with Gasteiger partial charge < -0.3 is 14.0 Å². The minimum Gasteiger partial charge on any atom is -0.494 e. The summed E-state index contributed by atoms with van der Waals surface area (Å²) in [5, 5.41) is 1.12. The lowest BCUT2D eigenvalue weighted by atomic mass is 10.1. The Labute approximate surface area is 190 Å². The zero-order valence-corrected chi connectivity index (χ0v) is 19.2. The first kappa shape index (κ1) is 22.3. The number of benzene rings is 2. The van der Waals surface area contributed by atoms with Crippen molar-refractivity contribution in [2.45, 2.75) is 52.0 Å². The van der Waals surface area contributed by atoms with Crippen LogP contribution in [0.5, 0.6) is 5.75 Å². The van der Waals surface area contributed by atoms with E-state index in [1.54, 1.807) is 0 Å². The molecule has 4 rings (SSSR count). The summed E-state index contributed by atoms with van der Waals surface area (Å²) >= 11 is 0. The smallest absolute Gasteiger partial charge is 0.119 e. The van der Waals surface area contributed by atoms with Crippen LogP contribution in [0.2, 0.25) is 0 Å². The van der Waals surface area contributed by atoms with E-state index in [1.807, 2.05) is 31.6 Å². The highest BCUT2D eigenvalue weighted by molar-refractivity contribution is 6.02. The van der Waals surface area contributed by atoms with Gasteiger partial charge in [0.2, 0.25) is 0 Å². The maximum Gasteiger partial charge on any atom is 0.119 e. The van der Waals surface area contributed by atoms with Gasteiger partial charge in [-0.05, 0) is 43.5 Å². The van der Waals surface area contributed by atoms with Gasteiger partial charge in [-0.2, -0.15) is 0 Å². The van der Waals surface area contributed by atoms with Gasteiger partial charge >= 0.3 is 0 Å². The summed E-state index contributed by atoms with van der Waals surface area (Å²) in [6.45, 7) is 6.37. The Hall–Kier alpha value is -2.92. The molecule has 2 aromatic heterocycles. The third-order valence-corrected chi connectivity index (χ3v) is 5.88. The molecule has 5 heteroatoms. The lowest BCUT2D eigenvalue weighted by molar-refractivity contribution is 0.114. The van der Waals surface area contributed by atoms with E-state index in [4.69, 9.17) is 9.47 Å². The molecular formula is C27H33N3O2. The molecule has 1 atom stereocenters. The minimum atomic E-state index is 0.145. The number of nitrogens with zero attached hydrogens (tertiary/aromatic N) is 3. The molecule has 2 heterocycles. The summed E-state index contributed by atoms with van der Waals surface area (Å²) in [7, 11) is 0. The first-order chi connectivity index (χ1) is 15.8. The topological polar surface area (TPSA) is 49.2 Å². The largest absolute Gasteiger partial charge is 0.494 e. The number of aromatic nitrogens is 3. The average Bonchev–Trinajstić information content (AvgIpc) is 3.27. The second-order valence-corrected chi connectivity index (χ2v) is 8.23. The summed E-state index contributed by atoms with van der Waals surface area (Å²) < 4.78 is 14.0. The number of hydrogen-bond acceptors (Lipinski definition) is 4. The second kappa shape index (κ2) is 11.1. The Morgan fingerprint density at radius 1 is 0.906 bits per heavy atom. The van der Waals surface area contributed by atoms with E-state index in [1.165, 1.54) is 24.8 Å². The second-order valence-electron chi connectivity index (χ2n) is 8.23. The molecule has 0 fully saturated rings. The van der Waals surface area contributed by atoms with Crippen molar-refractivity contribution in [2.24, 2.45) is 0 Å². The molecule has 0 saturated heterocycles. The van der Waals surface area contributed by atoms with Crippen molar-refractivity contribution in [1.82, 2.24) is 14.5 Å². The molecule has 0 aliphatic rings. The molecule has 2 aromatic carbocycles. The predicted molar refractivity (Wildman–Crippen MR) is 130 cm³/mol. The van der Waals surface area contributed by atoms with Crippen LogP contribution in [-0.4, -0.2) is 34.4 Å². The minimum absolute atomic E-state index is 0.145. The van der Waals surface area contributed by atoms with Crippen molar-refractivity contribution >= 4 is 21.9 Å². The van der Waals surface area contributed by atoms with E-state index in [0.29, 0.717) is 13.2 Å². The van der Waals surface area contributed by atoms with Crippen LogP contribution < -0.4 is 4.74 Å². The fourth-order valence-corrected chi connectivity index (χ4v) is 4.15. The van der Waals surface area contributed by atoms with Gasteiger partial charge in [0, 0.05) is 12.0 Å². The van der Waals surface area contributed by atoms with Crippen molar-refractivity contribution in [1.29, 1.82) is 0 Å². The fraction of sp³-hybridized carbons (Fsp3) is 0.407. The fourth-order valence-electron chi connectivity index (χ4n) is 4.15. The molecule has 0 spiro atoms. The summed E-state index contributed by atoms with van der Waals surface area (Å²) in [6, 6.07) is 16.9. The molecule has 0 amide bonds. The van der Waals surface area contributed by atoms with Crippen molar-refractivity contribution < 1.29 is 9.47 Å². The highest BCUT2D eigenvalue weighted by Crippen LogP contribution is 2.27. The maximum atomic E-state index is 5.91. The molecule has 0 bridgehead atoms. The van der Waals surface area contributed by atoms with Gasteiger partial charge in [0.15, 0.2) is 0 Å². The van der Waals surface area contributed by atoms with Crippen LogP contribution in [0, 0.1) is 0 Å². The highest BCUT2D eigenvalue weighted by Gasteiger charge is 2.17. The van der Waals surface area contributed by atoms with Crippen molar-refractivity contribution in [3.8, 4) is 5.75 Å². The van der Waals surface area contributed by atoms with E-state index >= 15 is 0 Å². The summed E-state index contributed by atoms with van der Waals surface area (Å²) in [5.41, 5.74) is 4.27. The van der Waals surface area contributed by atoms with Crippen molar-refractivity contribution in [2.75, 3.05) is 19.8 Å². The lowest BCUT2D eigenvalue weighted by Gasteiger charge is -2.20. The van der Waals surface area contributed by atoms with Gasteiger partial charge in [-0.3, -0.25) is 4.98 Å². The van der Waals surface area contributed by atoms with Gasteiger partial charge in [0.1, 0.15) is 11.3 Å². The van der Waals surface area contributed by atoms with Gasteiger partial charge in [-0.15, -0.1) is 0 Å². The zero-order valence-electron chi connectivity index (χ0n) is 19.2. The summed E-state index contributed by atoms with van der Waals surface area (Å²) in [6.07, 6.45) is 9.51. The molecule has 0 radical (unpaired) electrons. The number of pyridine rings is 1. The Bertz CT molecular complexity index is 1120. The molecule has 1 unspecified atom stereocenters. The number of rotatable bonds is 12. The van der Waals surface area contributed by atoms with Crippen LogP contribution in [0.25, 0.3) is 21.9 Å². The number of para-hydroxylation sites is 1. The molecule has 5 nitrogen and oxygen atoms in total. The van der Waals surface area contributed by atoms with Crippen LogP contribution in [0.15, 0.2) is 61.1 Å². The Morgan fingerprint density at radius 3 is 2.56 bits per heavy atom. The van der Waals surface area contributed by atoms with Crippen molar-refractivity contribution in [3.63, 3.8) is 0 Å². The summed E-state index contributed by atoms with van der Waals surface area (Å²) in [5.74, 6) is 0.941. The van der Waals surface area contributed by atoms with Gasteiger partial charge in [-0.25, -0.2) is 4.98 Å². The zero-order chi connectivity index (χ0) is 22.2. The van der Waals surface area contributed by atoms with Crippen LogP contribution in [-0.2, 0) is 11.2 Å². The number of fused-ring (bicyclic) bond motifs is 3. The molecule has 0 saturated carbocycles. The van der Waals surface area contributed by atoms with E-state index in [-0.39, 0.29) is 6.04 Å². The number of ether oxygens (including phenoxy) is 2. The molecule has 4 aromatic rings. The van der Waals surface area contributed by atoms with Crippen LogP contribution >= 0.6 is 0 Å². The maximum absolute atomic E-state index is 5.91. The van der Waals surface area contributed by atoms with E-state index in [0.717, 1.165) is 47.1 Å². The standard InChI is InChI=1S/C27H33N3O2/c1-3-5-6-9-16-32-23-14-12-21(13-15-23)17-22(19-31-4-2)30-20-29-26-18-28-25-11-8-7-10-24(25)27(26)30/h7-8,10-15,18,20,22H,3-6,9,16-17,19H2,1-2H3. The lowest BCUT2D eigenvalue weighted by Crippen LogP contribution is -2.18. The van der Waals surface area contributed by atoms with E-state index in [2.05, 4.69) is 57.9 Å². The van der Waals surface area contributed by atoms with Crippen LogP contribution in [0.1, 0.15) is 51.1 Å². The monoisotopic (exact) mass is 431 g/mol. The third kappa shape index (κ3) is 5.28. The molecule has 32 heavy (non-hydrogen) atoms. The average molecular weight is 432 g/mol. The molecule has 168 valence electrons. The van der Waals surface area contributed by atoms with Gasteiger partial charge in [0.25, 0.3) is 0 Å². The predicted octanol–water partition coefficient (Wildman–Crippen LogP) is 6.36. The first-order valence-corrected chi connectivity index (χ1v) is 11.8. The van der Waals surface area contributed by atoms with Gasteiger partial charge in [-0.1, -0.05) is 56.5 Å². The van der Waals surface area contributed by atoms with Crippen LogP contribution in [0.3, 0.4) is 0 Å². The van der Waals surface area contributed by atoms with E-state index in [9.17, 15) is 0 Å². The quantitative estimate of drug-likeness (QED) is 0.245. The normalized spacial score (nSPS) is 12.4. The summed E-state index contributed by atoms with van der Waals surface area (Å²) in [4.78, 5) is 9.19. The van der Waals surface area contributed by atoms with Crippen LogP contribution in [0.4, 0.5) is 0 Å². The number of unbranched alkanes of at least 4 members (excludes halogenated alkanes) is 3. The Morgan fingerprint density at radius 2 is 1.75 bits per heavy atom.